The molecule has 2 amide bonds. The van der Waals surface area contributed by atoms with Gasteiger partial charge in [0.15, 0.2) is 0 Å². The van der Waals surface area contributed by atoms with Crippen LogP contribution in [-0.2, 0) is 21.9 Å². The summed E-state index contributed by atoms with van der Waals surface area (Å²) in [7, 11) is 0. The highest BCUT2D eigenvalue weighted by Gasteiger charge is 2.41. The molecule has 1 saturated heterocycles. The summed E-state index contributed by atoms with van der Waals surface area (Å²) < 4.78 is 91.0. The molecule has 2 aromatic carbocycles. The van der Waals surface area contributed by atoms with E-state index in [2.05, 4.69) is 16.0 Å². The molecule has 35 heavy (non-hydrogen) atoms. The van der Waals surface area contributed by atoms with Crippen LogP contribution in [0.15, 0.2) is 48.5 Å². The molecule has 0 atom stereocenters. The summed E-state index contributed by atoms with van der Waals surface area (Å²) in [6.07, 6.45) is -7.37. The molecule has 1 aliphatic rings. The Balaban J connectivity index is 1.77. The Kier molecular flexibility index (Phi) is 7.53. The highest BCUT2D eigenvalue weighted by molar-refractivity contribution is 6.03. The number of amides is 2. The summed E-state index contributed by atoms with van der Waals surface area (Å²) in [5.74, 6) is -3.01. The fourth-order valence-corrected chi connectivity index (χ4v) is 3.60. The molecule has 1 heterocycles. The zero-order valence-electron chi connectivity index (χ0n) is 18.0. The lowest BCUT2D eigenvalue weighted by Gasteiger charge is -2.36. The molecular weight excluding hydrogens is 483 g/mol. The molecular formula is C23H20F7N3O2. The maximum absolute atomic E-state index is 13.4. The number of benzene rings is 2. The average Bonchev–Trinajstić information content (AvgIpc) is 2.78. The average molecular weight is 503 g/mol. The first-order valence-electron chi connectivity index (χ1n) is 10.4. The molecule has 188 valence electrons. The van der Waals surface area contributed by atoms with Crippen LogP contribution in [0.25, 0.3) is 6.08 Å². The third-order valence-corrected chi connectivity index (χ3v) is 5.42. The van der Waals surface area contributed by atoms with Crippen molar-refractivity contribution in [2.75, 3.05) is 18.4 Å². The van der Waals surface area contributed by atoms with Crippen molar-refractivity contribution in [2.45, 2.75) is 30.7 Å². The molecule has 0 saturated carbocycles. The van der Waals surface area contributed by atoms with Crippen LogP contribution in [0, 0.1) is 5.82 Å². The van der Waals surface area contributed by atoms with E-state index >= 15 is 0 Å². The van der Waals surface area contributed by atoms with Gasteiger partial charge in [-0.05, 0) is 67.9 Å². The summed E-state index contributed by atoms with van der Waals surface area (Å²) in [6.45, 7) is 0.653. The minimum atomic E-state index is -4.92. The first-order chi connectivity index (χ1) is 16.3. The Morgan fingerprint density at radius 1 is 0.943 bits per heavy atom. The van der Waals surface area contributed by atoms with Crippen molar-refractivity contribution in [1.82, 2.24) is 10.6 Å². The predicted molar refractivity (Wildman–Crippen MR) is 113 cm³/mol. The van der Waals surface area contributed by atoms with Gasteiger partial charge in [-0.25, -0.2) is 4.39 Å². The van der Waals surface area contributed by atoms with Crippen LogP contribution < -0.4 is 16.0 Å². The Morgan fingerprint density at radius 3 is 2.26 bits per heavy atom. The Hall–Kier alpha value is -3.41. The predicted octanol–water partition coefficient (Wildman–Crippen LogP) is 4.75. The van der Waals surface area contributed by atoms with Crippen molar-refractivity contribution < 1.29 is 40.3 Å². The highest BCUT2D eigenvalue weighted by atomic mass is 19.4. The topological polar surface area (TPSA) is 70.2 Å². The molecule has 3 rings (SSSR count). The molecule has 3 N–H and O–H groups in total. The number of piperidine rings is 1. The standard InChI is InChI=1S/C23H20F7N3O2/c24-18-6-4-14(12-17(18)23(28,29)30)5-7-19(34)33-21(8-10-31-11-9-21)20(35)32-16-3-1-2-15(13-16)22(25,26)27/h1-7,12-13,31H,8-11H2,(H,32,35)(H,33,34)/b7-5+. The maximum Gasteiger partial charge on any atom is 0.419 e. The van der Waals surface area contributed by atoms with Gasteiger partial charge in [-0.15, -0.1) is 0 Å². The molecule has 0 aromatic heterocycles. The van der Waals surface area contributed by atoms with E-state index in [9.17, 15) is 40.3 Å². The molecule has 0 spiro atoms. The Labute approximate surface area is 195 Å². The van der Waals surface area contributed by atoms with Gasteiger partial charge >= 0.3 is 12.4 Å². The van der Waals surface area contributed by atoms with Gasteiger partial charge in [0, 0.05) is 11.8 Å². The zero-order valence-corrected chi connectivity index (χ0v) is 18.0. The smallest absolute Gasteiger partial charge is 0.338 e. The number of hydrogen-bond acceptors (Lipinski definition) is 3. The van der Waals surface area contributed by atoms with E-state index in [-0.39, 0.29) is 24.1 Å². The molecule has 5 nitrogen and oxygen atoms in total. The molecule has 1 aliphatic heterocycles. The number of carbonyl (C=O) groups excluding carboxylic acids is 2. The minimum absolute atomic E-state index is 0.0957. The summed E-state index contributed by atoms with van der Waals surface area (Å²) in [4.78, 5) is 25.6. The molecule has 1 fully saturated rings. The van der Waals surface area contributed by atoms with Gasteiger partial charge in [0.05, 0.1) is 11.1 Å². The largest absolute Gasteiger partial charge is 0.419 e. The summed E-state index contributed by atoms with van der Waals surface area (Å²) in [5.41, 5.74) is -4.13. The SMILES string of the molecule is O=C(/C=C/c1ccc(F)c(C(F)(F)F)c1)NC1(C(=O)Nc2cccc(C(F)(F)F)c2)CCNCC1. The van der Waals surface area contributed by atoms with Crippen LogP contribution >= 0.6 is 0 Å². The third-order valence-electron chi connectivity index (χ3n) is 5.42. The van der Waals surface area contributed by atoms with Crippen LogP contribution in [-0.4, -0.2) is 30.4 Å². The zero-order chi connectivity index (χ0) is 25.9. The Bertz CT molecular complexity index is 1120. The van der Waals surface area contributed by atoms with Gasteiger partial charge < -0.3 is 16.0 Å². The number of rotatable bonds is 5. The van der Waals surface area contributed by atoms with Crippen molar-refractivity contribution in [1.29, 1.82) is 0 Å². The molecule has 0 radical (unpaired) electrons. The first kappa shape index (κ1) is 26.2. The van der Waals surface area contributed by atoms with E-state index in [1.54, 1.807) is 0 Å². The van der Waals surface area contributed by atoms with Crippen LogP contribution in [0.2, 0.25) is 0 Å². The summed E-state index contributed by atoms with van der Waals surface area (Å²) in [6, 6.07) is 6.23. The van der Waals surface area contributed by atoms with Crippen LogP contribution in [0.3, 0.4) is 0 Å². The Morgan fingerprint density at radius 2 is 1.63 bits per heavy atom. The second kappa shape index (κ2) is 10.1. The van der Waals surface area contributed by atoms with Gasteiger partial charge in [-0.2, -0.15) is 26.3 Å². The lowest BCUT2D eigenvalue weighted by Crippen LogP contribution is -2.61. The van der Waals surface area contributed by atoms with E-state index in [1.807, 2.05) is 0 Å². The number of hydrogen-bond donors (Lipinski definition) is 3. The van der Waals surface area contributed by atoms with Gasteiger partial charge in [0.25, 0.3) is 0 Å². The van der Waals surface area contributed by atoms with Crippen LogP contribution in [0.5, 0.6) is 0 Å². The van der Waals surface area contributed by atoms with E-state index in [0.717, 1.165) is 36.4 Å². The van der Waals surface area contributed by atoms with Crippen molar-refractivity contribution in [3.63, 3.8) is 0 Å². The van der Waals surface area contributed by atoms with E-state index in [4.69, 9.17) is 0 Å². The highest BCUT2D eigenvalue weighted by Crippen LogP contribution is 2.33. The van der Waals surface area contributed by atoms with Gasteiger partial charge in [0.2, 0.25) is 11.8 Å². The molecule has 0 aliphatic carbocycles. The molecule has 0 unspecified atom stereocenters. The fraction of sp³-hybridized carbons (Fsp3) is 0.304. The van der Waals surface area contributed by atoms with Crippen molar-refractivity contribution >= 4 is 23.6 Å². The molecule has 2 aromatic rings. The van der Waals surface area contributed by atoms with Crippen LogP contribution in [0.1, 0.15) is 29.5 Å². The molecule has 0 bridgehead atoms. The van der Waals surface area contributed by atoms with Gasteiger partial charge in [-0.1, -0.05) is 12.1 Å². The second-order valence-electron chi connectivity index (χ2n) is 7.92. The number of carbonyl (C=O) groups is 2. The third kappa shape index (κ3) is 6.59. The van der Waals surface area contributed by atoms with Crippen molar-refractivity contribution in [2.24, 2.45) is 0 Å². The minimum Gasteiger partial charge on any atom is -0.338 e. The van der Waals surface area contributed by atoms with Gasteiger partial charge in [0.1, 0.15) is 11.4 Å². The normalized spacial score (nSPS) is 16.2. The van der Waals surface area contributed by atoms with Crippen molar-refractivity contribution in [3.05, 3.63) is 71.0 Å². The lowest BCUT2D eigenvalue weighted by atomic mass is 9.87. The molecule has 12 heteroatoms. The maximum atomic E-state index is 13.4. The van der Waals surface area contributed by atoms with E-state index < -0.39 is 46.7 Å². The van der Waals surface area contributed by atoms with Crippen molar-refractivity contribution in [3.8, 4) is 0 Å². The summed E-state index contributed by atoms with van der Waals surface area (Å²) >= 11 is 0. The monoisotopic (exact) mass is 503 g/mol. The van der Waals surface area contributed by atoms with E-state index in [0.29, 0.717) is 25.2 Å². The number of anilines is 1. The number of nitrogens with one attached hydrogen (secondary N) is 3. The quantitative estimate of drug-likeness (QED) is 0.408. The second-order valence-corrected chi connectivity index (χ2v) is 7.92. The lowest BCUT2D eigenvalue weighted by molar-refractivity contribution is -0.140. The van der Waals surface area contributed by atoms with Gasteiger partial charge in [-0.3, -0.25) is 9.59 Å². The fourth-order valence-electron chi connectivity index (χ4n) is 3.60. The van der Waals surface area contributed by atoms with E-state index in [1.165, 1.54) is 6.07 Å². The number of alkyl halides is 6. The number of halogens is 7. The van der Waals surface area contributed by atoms with Crippen LogP contribution in [0.4, 0.5) is 36.4 Å². The summed E-state index contributed by atoms with van der Waals surface area (Å²) in [5, 5.41) is 7.93. The first-order valence-corrected chi connectivity index (χ1v) is 10.4.